The summed E-state index contributed by atoms with van der Waals surface area (Å²) >= 11 is 0. The molecule has 2 heterocycles. The van der Waals surface area contributed by atoms with E-state index < -0.39 is 0 Å². The maximum absolute atomic E-state index is 2.75. The summed E-state index contributed by atoms with van der Waals surface area (Å²) in [6.45, 7) is 50.9. The van der Waals surface area contributed by atoms with Gasteiger partial charge in [-0.2, -0.15) is 0 Å². The monoisotopic (exact) mass is 1210 g/mol. The molecular formula is C88H98BN3. The maximum atomic E-state index is 2.75. The summed E-state index contributed by atoms with van der Waals surface area (Å²) in [7, 11) is 0. The van der Waals surface area contributed by atoms with Gasteiger partial charge in [-0.15, -0.1) is 0 Å². The molecule has 0 amide bonds. The van der Waals surface area contributed by atoms with E-state index in [0.29, 0.717) is 0 Å². The number of fused-ring (bicyclic) bond motifs is 10. The smallest absolute Gasteiger partial charge is 0.252 e. The van der Waals surface area contributed by atoms with Crippen molar-refractivity contribution in [3.63, 3.8) is 0 Å². The van der Waals surface area contributed by atoms with Crippen molar-refractivity contribution in [2.75, 3.05) is 14.7 Å². The SMILES string of the molecule is Cc1cc2c(cc1N1c3ccc(-c4cccc5c4-c4ccccc4C5(C)C)cc3B3c4cc5c(cc4N(c4ccc6c(c4)C(C)(C)CC6(C)C)c4cc(N(c6ccc(C(C)(C)C)cc6)c6ccc(C(C)(C)C)cc6)cc1c43)C(C)(C)CC5(C)C)C(C)(C)CCC2(C)C. The summed E-state index contributed by atoms with van der Waals surface area (Å²) in [4.78, 5) is 8.07. The van der Waals surface area contributed by atoms with Crippen LogP contribution in [0.4, 0.5) is 51.2 Å². The second-order valence-electron chi connectivity index (χ2n) is 35.6. The number of aryl methyl sites for hydroxylation is 1. The lowest BCUT2D eigenvalue weighted by Crippen LogP contribution is -2.61. The largest absolute Gasteiger partial charge is 0.311 e. The van der Waals surface area contributed by atoms with Gasteiger partial charge in [0, 0.05) is 50.9 Å². The average molecular weight is 1210 g/mol. The summed E-state index contributed by atoms with van der Waals surface area (Å²) in [5.41, 5.74) is 35.7. The first kappa shape index (κ1) is 60.7. The Morgan fingerprint density at radius 3 is 1.46 bits per heavy atom. The Balaban J connectivity index is 1.10. The fraction of sp³-hybridized carbons (Fsp3) is 0.386. The van der Waals surface area contributed by atoms with Crippen LogP contribution in [0.3, 0.4) is 0 Å². The summed E-state index contributed by atoms with van der Waals surface area (Å²) in [5.74, 6) is 0. The van der Waals surface area contributed by atoms with Gasteiger partial charge in [0.1, 0.15) is 0 Å². The van der Waals surface area contributed by atoms with Crippen LogP contribution in [0.15, 0.2) is 164 Å². The predicted octanol–water partition coefficient (Wildman–Crippen LogP) is 22.4. The number of rotatable bonds is 6. The highest BCUT2D eigenvalue weighted by Gasteiger charge is 2.51. The Labute approximate surface area is 552 Å². The van der Waals surface area contributed by atoms with Crippen molar-refractivity contribution >= 4 is 74.3 Å². The van der Waals surface area contributed by atoms with E-state index in [1.165, 1.54) is 134 Å². The third-order valence-electron chi connectivity index (χ3n) is 23.7. The van der Waals surface area contributed by atoms with Crippen LogP contribution >= 0.6 is 0 Å². The number of anilines is 9. The van der Waals surface area contributed by atoms with Crippen LogP contribution in [0, 0.1) is 6.92 Å². The average Bonchev–Trinajstić information content (AvgIpc) is 0.893. The van der Waals surface area contributed by atoms with E-state index in [1.807, 2.05) is 0 Å². The minimum atomic E-state index is -0.128. The van der Waals surface area contributed by atoms with Crippen molar-refractivity contribution in [3.8, 4) is 22.3 Å². The molecule has 9 aromatic rings. The molecule has 4 heteroatoms. The van der Waals surface area contributed by atoms with Gasteiger partial charge in [-0.25, -0.2) is 0 Å². The fourth-order valence-corrected chi connectivity index (χ4v) is 19.0. The molecule has 0 atom stereocenters. The molecule has 0 fully saturated rings. The highest BCUT2D eigenvalue weighted by Crippen LogP contribution is 2.58. The molecule has 0 N–H and O–H groups in total. The van der Waals surface area contributed by atoms with Crippen LogP contribution in [-0.2, 0) is 48.7 Å². The van der Waals surface area contributed by atoms with Crippen molar-refractivity contribution in [3.05, 3.63) is 225 Å². The summed E-state index contributed by atoms with van der Waals surface area (Å²) < 4.78 is 0. The van der Waals surface area contributed by atoms with Crippen LogP contribution in [0.2, 0.25) is 0 Å². The van der Waals surface area contributed by atoms with Crippen molar-refractivity contribution < 1.29 is 0 Å². The van der Waals surface area contributed by atoms with Crippen molar-refractivity contribution in [1.82, 2.24) is 0 Å². The Hall–Kier alpha value is -7.56. The molecule has 0 unspecified atom stereocenters. The molecule has 6 aliphatic rings. The molecule has 4 aliphatic carbocycles. The first-order chi connectivity index (χ1) is 43.0. The quantitative estimate of drug-likeness (QED) is 0.154. The molecule has 0 saturated carbocycles. The molecular weight excluding hydrogens is 1110 g/mol. The van der Waals surface area contributed by atoms with Gasteiger partial charge in [-0.1, -0.05) is 236 Å². The summed E-state index contributed by atoms with van der Waals surface area (Å²) in [5, 5.41) is 0. The molecule has 0 aromatic heterocycles. The van der Waals surface area contributed by atoms with Crippen molar-refractivity contribution in [1.29, 1.82) is 0 Å². The first-order valence-electron chi connectivity index (χ1n) is 34.7. The van der Waals surface area contributed by atoms with Gasteiger partial charge in [0.15, 0.2) is 0 Å². The molecule has 0 radical (unpaired) electrons. The Bertz CT molecular complexity index is 4520. The van der Waals surface area contributed by atoms with E-state index in [9.17, 15) is 0 Å². The lowest BCUT2D eigenvalue weighted by molar-refractivity contribution is 0.332. The standard InChI is InChI=1S/C88H98BN3/c1-53-43-66-69(83(10,11)42-41-82(66,8)9)49-74(53)92-73-40-29-54(61-26-24-28-65-78(61)62-25-22-23-27-63(62)88(65,20)21)44-71(73)89-72-48-68-70(87(18,19)52-86(68,16)17)50-75(72)91(59-38-39-64-67(45-59)85(14,15)51-84(64,12)13)76-46-60(47-77(92)79(76)89)90(57-34-30-55(31-35-57)80(2,3)4)58-36-32-56(33-37-58)81(5,6)7/h22-40,43-50H,41-42,51-52H2,1-21H3. The van der Waals surface area contributed by atoms with Gasteiger partial charge >= 0.3 is 0 Å². The van der Waals surface area contributed by atoms with Crippen LogP contribution in [0.1, 0.15) is 225 Å². The number of hydrogen-bond acceptors (Lipinski definition) is 3. The number of benzene rings is 9. The van der Waals surface area contributed by atoms with Crippen LogP contribution in [-0.4, -0.2) is 6.71 Å². The molecule has 3 nitrogen and oxygen atoms in total. The predicted molar refractivity (Wildman–Crippen MR) is 397 cm³/mol. The van der Waals surface area contributed by atoms with E-state index in [-0.39, 0.29) is 55.4 Å². The Morgan fingerprint density at radius 1 is 0.370 bits per heavy atom. The summed E-state index contributed by atoms with van der Waals surface area (Å²) in [6, 6.07) is 66.4. The van der Waals surface area contributed by atoms with E-state index in [0.717, 1.165) is 42.7 Å². The van der Waals surface area contributed by atoms with Crippen LogP contribution in [0.5, 0.6) is 0 Å². The van der Waals surface area contributed by atoms with Crippen molar-refractivity contribution in [2.24, 2.45) is 0 Å². The first-order valence-corrected chi connectivity index (χ1v) is 34.7. The van der Waals surface area contributed by atoms with Gasteiger partial charge in [-0.3, -0.25) is 0 Å². The van der Waals surface area contributed by atoms with Gasteiger partial charge < -0.3 is 14.7 Å². The maximum Gasteiger partial charge on any atom is 0.252 e. The minimum Gasteiger partial charge on any atom is -0.311 e. The zero-order chi connectivity index (χ0) is 65.3. The molecule has 15 rings (SSSR count). The Kier molecular flexibility index (Phi) is 12.9. The lowest BCUT2D eigenvalue weighted by atomic mass is 9.33. The summed E-state index contributed by atoms with van der Waals surface area (Å²) in [6.07, 6.45) is 4.49. The van der Waals surface area contributed by atoms with Gasteiger partial charge in [0.25, 0.3) is 6.71 Å². The van der Waals surface area contributed by atoms with E-state index in [4.69, 9.17) is 0 Å². The topological polar surface area (TPSA) is 9.72 Å². The van der Waals surface area contributed by atoms with Gasteiger partial charge in [0.05, 0.1) is 5.69 Å². The zero-order valence-corrected chi connectivity index (χ0v) is 59.3. The number of nitrogens with zero attached hydrogens (tertiary/aromatic N) is 3. The van der Waals surface area contributed by atoms with Crippen molar-refractivity contribution in [2.45, 2.75) is 220 Å². The Morgan fingerprint density at radius 2 is 0.859 bits per heavy atom. The molecule has 0 bridgehead atoms. The molecule has 92 heavy (non-hydrogen) atoms. The van der Waals surface area contributed by atoms with Crippen LogP contribution < -0.4 is 31.1 Å². The normalized spacial score (nSPS) is 19.1. The second-order valence-corrected chi connectivity index (χ2v) is 35.6. The molecule has 468 valence electrons. The third-order valence-corrected chi connectivity index (χ3v) is 23.7. The minimum absolute atomic E-state index is 0.00782. The highest BCUT2D eigenvalue weighted by molar-refractivity contribution is 7.00. The zero-order valence-electron chi connectivity index (χ0n) is 59.3. The molecule has 9 aromatic carbocycles. The lowest BCUT2D eigenvalue weighted by Gasteiger charge is -2.47. The second kappa shape index (κ2) is 19.5. The van der Waals surface area contributed by atoms with Gasteiger partial charge in [-0.05, 0) is 242 Å². The molecule has 0 spiro atoms. The van der Waals surface area contributed by atoms with E-state index in [2.05, 4.69) is 324 Å². The van der Waals surface area contributed by atoms with E-state index in [1.54, 1.807) is 0 Å². The van der Waals surface area contributed by atoms with Crippen LogP contribution in [0.25, 0.3) is 22.3 Å². The molecule has 2 aliphatic heterocycles. The highest BCUT2D eigenvalue weighted by atomic mass is 15.2. The molecule has 0 saturated heterocycles. The number of hydrogen-bond donors (Lipinski definition) is 0. The third kappa shape index (κ3) is 9.00. The van der Waals surface area contributed by atoms with E-state index >= 15 is 0 Å². The van der Waals surface area contributed by atoms with Gasteiger partial charge in [0.2, 0.25) is 0 Å². The fourth-order valence-electron chi connectivity index (χ4n) is 19.0.